The van der Waals surface area contributed by atoms with Gasteiger partial charge in [0.2, 0.25) is 0 Å². The van der Waals surface area contributed by atoms with E-state index >= 15 is 0 Å². The van der Waals surface area contributed by atoms with Crippen molar-refractivity contribution in [1.82, 2.24) is 14.5 Å². The molecule has 1 N–H and O–H groups in total. The zero-order valence-corrected chi connectivity index (χ0v) is 8.97. The van der Waals surface area contributed by atoms with E-state index in [0.29, 0.717) is 5.52 Å². The number of hydrogen-bond donors (Lipinski definition) is 1. The van der Waals surface area contributed by atoms with Crippen LogP contribution in [-0.2, 0) is 16.1 Å². The number of H-pyrrole nitrogens is 1. The van der Waals surface area contributed by atoms with Crippen LogP contribution in [0.2, 0.25) is 0 Å². The van der Waals surface area contributed by atoms with Crippen LogP contribution in [0.5, 0.6) is 0 Å². The van der Waals surface area contributed by atoms with Gasteiger partial charge in [0.15, 0.2) is 5.52 Å². The Kier molecular flexibility index (Phi) is 2.73. The predicted molar refractivity (Wildman–Crippen MR) is 58.6 cm³/mol. The fourth-order valence-electron chi connectivity index (χ4n) is 1.42. The lowest BCUT2D eigenvalue weighted by Gasteiger charge is -2.03. The minimum atomic E-state index is -0.673. The summed E-state index contributed by atoms with van der Waals surface area (Å²) in [4.78, 5) is 40.8. The van der Waals surface area contributed by atoms with Crippen LogP contribution < -0.4 is 11.2 Å². The molecule has 0 spiro atoms. The van der Waals surface area contributed by atoms with Crippen LogP contribution in [0.15, 0.2) is 27.9 Å². The number of fused-ring (bicyclic) bond motifs is 1. The van der Waals surface area contributed by atoms with E-state index in [-0.39, 0.29) is 5.52 Å². The van der Waals surface area contributed by atoms with Crippen LogP contribution in [0.1, 0.15) is 0 Å². The van der Waals surface area contributed by atoms with Crippen LogP contribution in [0.3, 0.4) is 0 Å². The Labute approximate surface area is 94.7 Å². The van der Waals surface area contributed by atoms with E-state index < -0.39 is 23.8 Å². The molecule has 0 aliphatic heterocycles. The summed E-state index contributed by atoms with van der Waals surface area (Å²) in [6.45, 7) is -0.433. The molecule has 0 unspecified atom stereocenters. The first-order chi connectivity index (χ1) is 8.13. The molecule has 0 saturated carbocycles. The van der Waals surface area contributed by atoms with Gasteiger partial charge in [-0.2, -0.15) is 0 Å². The third kappa shape index (κ3) is 1.94. The Morgan fingerprint density at radius 1 is 1.53 bits per heavy atom. The molecule has 2 aromatic heterocycles. The summed E-state index contributed by atoms with van der Waals surface area (Å²) >= 11 is 0. The Morgan fingerprint density at radius 3 is 3.00 bits per heavy atom. The third-order valence-corrected chi connectivity index (χ3v) is 2.26. The van der Waals surface area contributed by atoms with Crippen molar-refractivity contribution in [2.24, 2.45) is 0 Å². The zero-order chi connectivity index (χ0) is 12.4. The molecule has 0 aromatic carbocycles. The molecule has 2 aromatic rings. The number of rotatable bonds is 2. The molecule has 7 nitrogen and oxygen atoms in total. The van der Waals surface area contributed by atoms with Gasteiger partial charge in [0.05, 0.1) is 12.6 Å². The normalized spacial score (nSPS) is 10.4. The summed E-state index contributed by atoms with van der Waals surface area (Å²) in [7, 11) is 1.18. The molecule has 2 rings (SSSR count). The average Bonchev–Trinajstić information content (AvgIpc) is 2.34. The van der Waals surface area contributed by atoms with Crippen molar-refractivity contribution in [2.45, 2.75) is 6.54 Å². The van der Waals surface area contributed by atoms with E-state index in [0.717, 1.165) is 4.57 Å². The van der Waals surface area contributed by atoms with Crippen molar-refractivity contribution < 1.29 is 9.53 Å². The fraction of sp³-hybridized carbons (Fsp3) is 0.200. The van der Waals surface area contributed by atoms with Crippen molar-refractivity contribution in [1.29, 1.82) is 0 Å². The number of aromatic amines is 1. The monoisotopic (exact) mass is 235 g/mol. The summed E-state index contributed by atoms with van der Waals surface area (Å²) in [5, 5.41) is 0. The SMILES string of the molecule is COC(=O)Cn1c(=O)[nH]c2cccnc2c1=O. The van der Waals surface area contributed by atoms with Gasteiger partial charge < -0.3 is 9.72 Å². The summed E-state index contributed by atoms with van der Waals surface area (Å²) in [6.07, 6.45) is 1.44. The summed E-state index contributed by atoms with van der Waals surface area (Å²) < 4.78 is 5.16. The van der Waals surface area contributed by atoms with Gasteiger partial charge in [-0.1, -0.05) is 0 Å². The fourth-order valence-corrected chi connectivity index (χ4v) is 1.42. The molecule has 0 radical (unpaired) electrons. The van der Waals surface area contributed by atoms with Gasteiger partial charge >= 0.3 is 11.7 Å². The van der Waals surface area contributed by atoms with Gasteiger partial charge in [-0.15, -0.1) is 0 Å². The van der Waals surface area contributed by atoms with Crippen LogP contribution in [0.4, 0.5) is 0 Å². The highest BCUT2D eigenvalue weighted by molar-refractivity contribution is 5.73. The average molecular weight is 235 g/mol. The smallest absolute Gasteiger partial charge is 0.329 e. The van der Waals surface area contributed by atoms with Crippen LogP contribution >= 0.6 is 0 Å². The Hall–Kier alpha value is -2.44. The Morgan fingerprint density at radius 2 is 2.29 bits per heavy atom. The highest BCUT2D eigenvalue weighted by atomic mass is 16.5. The van der Waals surface area contributed by atoms with Gasteiger partial charge in [-0.05, 0) is 12.1 Å². The van der Waals surface area contributed by atoms with E-state index in [1.165, 1.54) is 13.3 Å². The van der Waals surface area contributed by atoms with Gasteiger partial charge in [0, 0.05) is 6.20 Å². The van der Waals surface area contributed by atoms with Crippen LogP contribution in [-0.4, -0.2) is 27.6 Å². The summed E-state index contributed by atoms with van der Waals surface area (Å²) in [5.74, 6) is -0.673. The number of aromatic nitrogens is 3. The first-order valence-corrected chi connectivity index (χ1v) is 4.78. The van der Waals surface area contributed by atoms with E-state index in [1.54, 1.807) is 12.1 Å². The quantitative estimate of drug-likeness (QED) is 0.692. The summed E-state index contributed by atoms with van der Waals surface area (Å²) in [6, 6.07) is 3.16. The molecular formula is C10H9N3O4. The van der Waals surface area contributed by atoms with Crippen molar-refractivity contribution >= 4 is 17.0 Å². The second-order valence-corrected chi connectivity index (χ2v) is 3.30. The van der Waals surface area contributed by atoms with Crippen molar-refractivity contribution in [3.63, 3.8) is 0 Å². The lowest BCUT2D eigenvalue weighted by Crippen LogP contribution is -2.37. The van der Waals surface area contributed by atoms with Gasteiger partial charge in [-0.3, -0.25) is 9.59 Å². The van der Waals surface area contributed by atoms with E-state index in [4.69, 9.17) is 0 Å². The number of nitrogens with zero attached hydrogens (tertiary/aromatic N) is 2. The standard InChI is InChI=1S/C10H9N3O4/c1-17-7(14)5-13-9(15)8-6(12-10(13)16)3-2-4-11-8/h2-4H,5H2,1H3,(H,12,16). The third-order valence-electron chi connectivity index (χ3n) is 2.26. The number of hydrogen-bond acceptors (Lipinski definition) is 5. The van der Waals surface area contributed by atoms with Crippen LogP contribution in [0, 0.1) is 0 Å². The molecule has 0 atom stereocenters. The molecule has 0 bridgehead atoms. The molecule has 2 heterocycles. The molecule has 7 heteroatoms. The number of ether oxygens (including phenoxy) is 1. The molecule has 0 saturated heterocycles. The molecule has 17 heavy (non-hydrogen) atoms. The van der Waals surface area contributed by atoms with Crippen molar-refractivity contribution in [3.05, 3.63) is 39.2 Å². The summed E-state index contributed by atoms with van der Waals surface area (Å²) in [5.41, 5.74) is -0.838. The van der Waals surface area contributed by atoms with Gasteiger partial charge in [-0.25, -0.2) is 14.3 Å². The highest BCUT2D eigenvalue weighted by Gasteiger charge is 2.11. The topological polar surface area (TPSA) is 94.1 Å². The molecule has 0 aliphatic carbocycles. The Bertz CT molecular complexity index is 686. The molecule has 0 aliphatic rings. The van der Waals surface area contributed by atoms with Gasteiger partial charge in [0.1, 0.15) is 6.54 Å². The first kappa shape index (κ1) is 11.1. The maximum Gasteiger partial charge on any atom is 0.329 e. The largest absolute Gasteiger partial charge is 0.468 e. The van der Waals surface area contributed by atoms with Crippen molar-refractivity contribution in [3.8, 4) is 0 Å². The second-order valence-electron chi connectivity index (χ2n) is 3.30. The first-order valence-electron chi connectivity index (χ1n) is 4.78. The number of methoxy groups -OCH3 is 1. The number of esters is 1. The number of pyridine rings is 1. The second kappa shape index (κ2) is 4.20. The predicted octanol–water partition coefficient (Wildman–Crippen LogP) is -0.742. The van der Waals surface area contributed by atoms with E-state index in [9.17, 15) is 14.4 Å². The molecular weight excluding hydrogens is 226 g/mol. The number of carbonyl (C=O) groups is 1. The number of nitrogens with one attached hydrogen (secondary N) is 1. The molecule has 0 fully saturated rings. The molecule has 88 valence electrons. The zero-order valence-electron chi connectivity index (χ0n) is 8.97. The molecule has 0 amide bonds. The lowest BCUT2D eigenvalue weighted by atomic mass is 10.3. The van der Waals surface area contributed by atoms with E-state index in [1.807, 2.05) is 0 Å². The van der Waals surface area contributed by atoms with Gasteiger partial charge in [0.25, 0.3) is 5.56 Å². The maximum atomic E-state index is 11.9. The highest BCUT2D eigenvalue weighted by Crippen LogP contribution is 1.98. The minimum absolute atomic E-state index is 0.107. The minimum Gasteiger partial charge on any atom is -0.468 e. The van der Waals surface area contributed by atoms with Crippen LogP contribution in [0.25, 0.3) is 11.0 Å². The lowest BCUT2D eigenvalue weighted by molar-refractivity contribution is -0.141. The number of carbonyl (C=O) groups excluding carboxylic acids is 1. The van der Waals surface area contributed by atoms with E-state index in [2.05, 4.69) is 14.7 Å². The Balaban J connectivity index is 2.68. The van der Waals surface area contributed by atoms with Crippen molar-refractivity contribution in [2.75, 3.05) is 7.11 Å². The maximum absolute atomic E-state index is 11.9.